The van der Waals surface area contributed by atoms with E-state index < -0.39 is 4.92 Å². The summed E-state index contributed by atoms with van der Waals surface area (Å²) in [6.45, 7) is 0. The Balaban J connectivity index is 1.94. The normalized spacial score (nSPS) is 10.3. The Morgan fingerprint density at radius 2 is 1.88 bits per heavy atom. The first kappa shape index (κ1) is 19.9. The van der Waals surface area contributed by atoms with E-state index in [4.69, 9.17) is 21.1 Å². The zero-order valence-corrected chi connectivity index (χ0v) is 15.7. The molecule has 2 rings (SSSR count). The van der Waals surface area contributed by atoms with Crippen LogP contribution < -0.4 is 14.8 Å². The van der Waals surface area contributed by atoms with Crippen molar-refractivity contribution in [3.05, 3.63) is 57.1 Å². The largest absolute Gasteiger partial charge is 0.495 e. The van der Waals surface area contributed by atoms with Crippen molar-refractivity contribution in [1.82, 2.24) is 0 Å². The van der Waals surface area contributed by atoms with E-state index in [1.807, 2.05) is 0 Å². The number of ether oxygens (including phenoxy) is 2. The van der Waals surface area contributed by atoms with Crippen molar-refractivity contribution in [1.29, 1.82) is 0 Å². The van der Waals surface area contributed by atoms with Crippen LogP contribution in [0.25, 0.3) is 0 Å². The van der Waals surface area contributed by atoms with E-state index >= 15 is 0 Å². The van der Waals surface area contributed by atoms with Gasteiger partial charge in [-0.3, -0.25) is 14.9 Å². The van der Waals surface area contributed by atoms with E-state index in [9.17, 15) is 14.9 Å². The molecule has 2 aromatic rings. The van der Waals surface area contributed by atoms with E-state index in [0.717, 1.165) is 5.56 Å². The van der Waals surface area contributed by atoms with E-state index in [-0.39, 0.29) is 23.1 Å². The molecule has 7 nitrogen and oxygen atoms in total. The second kappa shape index (κ2) is 9.30. The first-order chi connectivity index (χ1) is 12.4. The van der Waals surface area contributed by atoms with Crippen molar-refractivity contribution >= 4 is 40.6 Å². The molecule has 1 amide bonds. The lowest BCUT2D eigenvalue weighted by Crippen LogP contribution is -2.14. The lowest BCUT2D eigenvalue weighted by atomic mass is 10.2. The third-order valence-corrected chi connectivity index (χ3v) is 4.62. The van der Waals surface area contributed by atoms with E-state index in [1.54, 1.807) is 30.3 Å². The molecule has 0 aliphatic heterocycles. The third-order valence-electron chi connectivity index (χ3n) is 3.38. The number of nitrogens with one attached hydrogen (secondary N) is 1. The molecule has 26 heavy (non-hydrogen) atoms. The monoisotopic (exact) mass is 396 g/mol. The van der Waals surface area contributed by atoms with Crippen molar-refractivity contribution in [2.75, 3.05) is 25.3 Å². The standard InChI is InChI=1S/C17H17ClN2O5S/c1-24-15-6-4-12(18)8-13(15)19-17(21)10-26-9-11-3-5-16(25-2)14(7-11)20(22)23/h3-8H,9-10H2,1-2H3,(H,19,21). The van der Waals surface area contributed by atoms with Gasteiger partial charge in [0.2, 0.25) is 5.91 Å². The van der Waals surface area contributed by atoms with Crippen molar-refractivity contribution in [2.24, 2.45) is 0 Å². The van der Waals surface area contributed by atoms with Crippen molar-refractivity contribution in [2.45, 2.75) is 5.75 Å². The van der Waals surface area contributed by atoms with Crippen LogP contribution in [-0.4, -0.2) is 30.8 Å². The van der Waals surface area contributed by atoms with Crippen LogP contribution in [0, 0.1) is 10.1 Å². The first-order valence-corrected chi connectivity index (χ1v) is 9.00. The number of carbonyl (C=O) groups is 1. The molecule has 138 valence electrons. The smallest absolute Gasteiger partial charge is 0.311 e. The number of hydrogen-bond acceptors (Lipinski definition) is 6. The summed E-state index contributed by atoms with van der Waals surface area (Å²) < 4.78 is 10.1. The van der Waals surface area contributed by atoms with Gasteiger partial charge in [0.05, 0.1) is 30.6 Å². The molecule has 0 saturated carbocycles. The molecule has 2 aromatic carbocycles. The quantitative estimate of drug-likeness (QED) is 0.532. The van der Waals surface area contributed by atoms with Gasteiger partial charge in [-0.05, 0) is 29.8 Å². The highest BCUT2D eigenvalue weighted by molar-refractivity contribution is 7.99. The number of nitro groups is 1. The summed E-state index contributed by atoms with van der Waals surface area (Å²) in [6, 6.07) is 9.67. The molecule has 0 atom stereocenters. The Labute approximate surface area is 159 Å². The molecule has 0 heterocycles. The van der Waals surface area contributed by atoms with E-state index in [1.165, 1.54) is 32.0 Å². The minimum atomic E-state index is -0.495. The van der Waals surface area contributed by atoms with Crippen LogP contribution in [0.4, 0.5) is 11.4 Å². The molecule has 0 aliphatic rings. The van der Waals surface area contributed by atoms with Gasteiger partial charge in [-0.2, -0.15) is 0 Å². The number of halogens is 1. The van der Waals surface area contributed by atoms with Crippen LogP contribution in [0.15, 0.2) is 36.4 Å². The van der Waals surface area contributed by atoms with Crippen LogP contribution in [0.1, 0.15) is 5.56 Å². The van der Waals surface area contributed by atoms with Crippen LogP contribution >= 0.6 is 23.4 Å². The van der Waals surface area contributed by atoms with Gasteiger partial charge >= 0.3 is 5.69 Å². The number of anilines is 1. The van der Waals surface area contributed by atoms with Gasteiger partial charge in [-0.1, -0.05) is 17.7 Å². The Hall–Kier alpha value is -2.45. The summed E-state index contributed by atoms with van der Waals surface area (Å²) in [5.41, 5.74) is 1.13. The molecule has 0 unspecified atom stereocenters. The zero-order valence-electron chi connectivity index (χ0n) is 14.2. The van der Waals surface area contributed by atoms with Gasteiger partial charge in [0.25, 0.3) is 0 Å². The number of benzene rings is 2. The highest BCUT2D eigenvalue weighted by Gasteiger charge is 2.15. The predicted octanol–water partition coefficient (Wildman–Crippen LogP) is 4.14. The van der Waals surface area contributed by atoms with Gasteiger partial charge < -0.3 is 14.8 Å². The average molecular weight is 397 g/mol. The Kier molecular flexibility index (Phi) is 7.11. The van der Waals surface area contributed by atoms with Crippen molar-refractivity contribution in [3.63, 3.8) is 0 Å². The number of methoxy groups -OCH3 is 2. The SMILES string of the molecule is COc1ccc(Cl)cc1NC(=O)CSCc1ccc(OC)c([N+](=O)[O-])c1. The van der Waals surface area contributed by atoms with E-state index in [0.29, 0.717) is 22.2 Å². The van der Waals surface area contributed by atoms with Gasteiger partial charge in [0, 0.05) is 16.8 Å². The second-order valence-corrected chi connectivity index (χ2v) is 6.57. The summed E-state index contributed by atoms with van der Waals surface area (Å²) in [5.74, 6) is 1.12. The maximum atomic E-state index is 12.1. The summed E-state index contributed by atoms with van der Waals surface area (Å²) in [7, 11) is 2.88. The second-order valence-electron chi connectivity index (χ2n) is 5.15. The van der Waals surface area contributed by atoms with Crippen LogP contribution in [0.2, 0.25) is 5.02 Å². The fourth-order valence-corrected chi connectivity index (χ4v) is 3.14. The Morgan fingerprint density at radius 1 is 1.19 bits per heavy atom. The summed E-state index contributed by atoms with van der Waals surface area (Å²) in [6.07, 6.45) is 0. The number of carbonyl (C=O) groups excluding carboxylic acids is 1. The molecule has 0 bridgehead atoms. The average Bonchev–Trinajstić information content (AvgIpc) is 2.61. The maximum Gasteiger partial charge on any atom is 0.311 e. The van der Waals surface area contributed by atoms with Gasteiger partial charge in [-0.15, -0.1) is 11.8 Å². The molecule has 0 aliphatic carbocycles. The Bertz CT molecular complexity index is 816. The number of nitro benzene ring substituents is 1. The molecule has 0 saturated heterocycles. The number of amides is 1. The molecule has 0 spiro atoms. The molecular weight excluding hydrogens is 380 g/mol. The minimum Gasteiger partial charge on any atom is -0.495 e. The summed E-state index contributed by atoms with van der Waals surface area (Å²) in [5, 5.41) is 14.3. The fourth-order valence-electron chi connectivity index (χ4n) is 2.19. The highest BCUT2D eigenvalue weighted by Crippen LogP contribution is 2.30. The number of nitrogens with zero attached hydrogens (tertiary/aromatic N) is 1. The predicted molar refractivity (Wildman–Crippen MR) is 102 cm³/mol. The van der Waals surface area contributed by atoms with E-state index in [2.05, 4.69) is 5.32 Å². The van der Waals surface area contributed by atoms with Gasteiger partial charge in [0.15, 0.2) is 5.75 Å². The summed E-state index contributed by atoms with van der Waals surface area (Å²) >= 11 is 7.27. The maximum absolute atomic E-state index is 12.1. The highest BCUT2D eigenvalue weighted by atomic mass is 35.5. The number of hydrogen-bond donors (Lipinski definition) is 1. The molecule has 0 aromatic heterocycles. The topological polar surface area (TPSA) is 90.7 Å². The summed E-state index contributed by atoms with van der Waals surface area (Å²) in [4.78, 5) is 22.6. The molecular formula is C17H17ClN2O5S. The molecule has 9 heteroatoms. The van der Waals surface area contributed by atoms with Crippen LogP contribution in [0.5, 0.6) is 11.5 Å². The van der Waals surface area contributed by atoms with Crippen molar-refractivity contribution in [3.8, 4) is 11.5 Å². The lowest BCUT2D eigenvalue weighted by Gasteiger charge is -2.10. The van der Waals surface area contributed by atoms with Crippen LogP contribution in [0.3, 0.4) is 0 Å². The zero-order chi connectivity index (χ0) is 19.1. The molecule has 1 N–H and O–H groups in total. The third kappa shape index (κ3) is 5.27. The minimum absolute atomic E-state index is 0.0984. The molecule has 0 fully saturated rings. The lowest BCUT2D eigenvalue weighted by molar-refractivity contribution is -0.385. The number of thioether (sulfide) groups is 1. The van der Waals surface area contributed by atoms with Crippen LogP contribution in [-0.2, 0) is 10.5 Å². The van der Waals surface area contributed by atoms with Gasteiger partial charge in [0.1, 0.15) is 5.75 Å². The Morgan fingerprint density at radius 3 is 2.54 bits per heavy atom. The molecule has 0 radical (unpaired) electrons. The number of rotatable bonds is 8. The van der Waals surface area contributed by atoms with Crippen molar-refractivity contribution < 1.29 is 19.2 Å². The fraction of sp³-hybridized carbons (Fsp3) is 0.235. The van der Waals surface area contributed by atoms with Gasteiger partial charge in [-0.25, -0.2) is 0 Å². The first-order valence-electron chi connectivity index (χ1n) is 7.47.